The van der Waals surface area contributed by atoms with Crippen LogP contribution >= 0.6 is 0 Å². The van der Waals surface area contributed by atoms with Crippen molar-refractivity contribution < 1.29 is 4.79 Å². The van der Waals surface area contributed by atoms with E-state index in [1.54, 1.807) is 0 Å². The molecule has 1 aliphatic rings. The lowest BCUT2D eigenvalue weighted by molar-refractivity contribution is -0.114. The van der Waals surface area contributed by atoms with E-state index in [0.29, 0.717) is 29.0 Å². The van der Waals surface area contributed by atoms with Crippen LogP contribution in [-0.4, -0.2) is 5.78 Å². The molecule has 110 valence electrons. The summed E-state index contributed by atoms with van der Waals surface area (Å²) < 4.78 is 0. The van der Waals surface area contributed by atoms with Crippen molar-refractivity contribution in [3.05, 3.63) is 12.2 Å². The molecule has 0 aliphatic heterocycles. The highest BCUT2D eigenvalue weighted by atomic mass is 16.1. The molecule has 2 atom stereocenters. The summed E-state index contributed by atoms with van der Waals surface area (Å²) in [5, 5.41) is 0. The topological polar surface area (TPSA) is 17.1 Å². The Hall–Kier alpha value is -0.590. The van der Waals surface area contributed by atoms with E-state index < -0.39 is 0 Å². The Labute approximate surface area is 119 Å². The third-order valence-corrected chi connectivity index (χ3v) is 4.69. The van der Waals surface area contributed by atoms with Gasteiger partial charge >= 0.3 is 0 Å². The SMILES string of the molecule is CC(C)CCCC(=O)C=CC1C(C)CCCC1(C)C. The molecule has 0 spiro atoms. The van der Waals surface area contributed by atoms with E-state index in [0.717, 1.165) is 19.3 Å². The number of allylic oxidation sites excluding steroid dienone is 2. The normalized spacial score (nSPS) is 27.1. The predicted octanol–water partition coefficient (Wildman–Crippen LogP) is 5.40. The van der Waals surface area contributed by atoms with Gasteiger partial charge in [-0.05, 0) is 42.1 Å². The molecule has 1 heteroatoms. The molecule has 0 aromatic carbocycles. The van der Waals surface area contributed by atoms with E-state index in [1.165, 1.54) is 19.3 Å². The van der Waals surface area contributed by atoms with E-state index in [4.69, 9.17) is 0 Å². The minimum atomic E-state index is 0.314. The second-order valence-corrected chi connectivity index (χ2v) is 7.50. The maximum Gasteiger partial charge on any atom is 0.155 e. The Morgan fingerprint density at radius 1 is 1.37 bits per heavy atom. The molecule has 0 aromatic heterocycles. The molecule has 1 aliphatic carbocycles. The van der Waals surface area contributed by atoms with Crippen LogP contribution < -0.4 is 0 Å². The zero-order valence-corrected chi connectivity index (χ0v) is 13.5. The fourth-order valence-electron chi connectivity index (χ4n) is 3.43. The standard InChI is InChI=1S/C18H32O/c1-14(2)8-6-10-16(19)11-12-17-15(3)9-7-13-18(17,4)5/h11-12,14-15,17H,6-10,13H2,1-5H3. The van der Waals surface area contributed by atoms with Gasteiger partial charge in [0.1, 0.15) is 0 Å². The molecule has 0 saturated heterocycles. The van der Waals surface area contributed by atoms with Gasteiger partial charge in [0.2, 0.25) is 0 Å². The molecule has 0 bridgehead atoms. The zero-order chi connectivity index (χ0) is 14.5. The predicted molar refractivity (Wildman–Crippen MR) is 83.1 cm³/mol. The lowest BCUT2D eigenvalue weighted by atomic mass is 9.64. The summed E-state index contributed by atoms with van der Waals surface area (Å²) in [5.41, 5.74) is 0.354. The van der Waals surface area contributed by atoms with Gasteiger partial charge < -0.3 is 0 Å². The van der Waals surface area contributed by atoms with E-state index in [9.17, 15) is 4.79 Å². The van der Waals surface area contributed by atoms with Crippen molar-refractivity contribution >= 4 is 5.78 Å². The Kier molecular flexibility index (Phi) is 6.29. The van der Waals surface area contributed by atoms with Gasteiger partial charge in [0.25, 0.3) is 0 Å². The van der Waals surface area contributed by atoms with Gasteiger partial charge in [-0.15, -0.1) is 0 Å². The fraction of sp³-hybridized carbons (Fsp3) is 0.833. The molecule has 1 fully saturated rings. The highest BCUT2D eigenvalue weighted by molar-refractivity contribution is 5.89. The van der Waals surface area contributed by atoms with E-state index in [1.807, 2.05) is 6.08 Å². The lowest BCUT2D eigenvalue weighted by Crippen LogP contribution is -2.32. The minimum Gasteiger partial charge on any atom is -0.295 e. The van der Waals surface area contributed by atoms with Gasteiger partial charge in [0.05, 0.1) is 0 Å². The highest BCUT2D eigenvalue weighted by Crippen LogP contribution is 2.44. The van der Waals surface area contributed by atoms with Crippen molar-refractivity contribution in [2.24, 2.45) is 23.2 Å². The molecule has 1 saturated carbocycles. The summed E-state index contributed by atoms with van der Waals surface area (Å²) in [4.78, 5) is 11.9. The summed E-state index contributed by atoms with van der Waals surface area (Å²) in [6.45, 7) is 11.5. The van der Waals surface area contributed by atoms with E-state index in [2.05, 4.69) is 40.7 Å². The first-order valence-electron chi connectivity index (χ1n) is 8.04. The van der Waals surface area contributed by atoms with Crippen molar-refractivity contribution in [2.45, 2.75) is 73.1 Å². The highest BCUT2D eigenvalue weighted by Gasteiger charge is 2.34. The van der Waals surface area contributed by atoms with Gasteiger partial charge in [-0.3, -0.25) is 4.79 Å². The molecule has 0 amide bonds. The second-order valence-electron chi connectivity index (χ2n) is 7.50. The van der Waals surface area contributed by atoms with Crippen molar-refractivity contribution in [1.29, 1.82) is 0 Å². The van der Waals surface area contributed by atoms with Crippen LogP contribution in [0.5, 0.6) is 0 Å². The number of carbonyl (C=O) groups is 1. The minimum absolute atomic E-state index is 0.314. The number of ketones is 1. The van der Waals surface area contributed by atoms with Gasteiger partial charge in [0.15, 0.2) is 5.78 Å². The molecular weight excluding hydrogens is 232 g/mol. The molecule has 0 N–H and O–H groups in total. The molecule has 19 heavy (non-hydrogen) atoms. The molecule has 1 rings (SSSR count). The first-order chi connectivity index (χ1) is 8.83. The molecule has 1 nitrogen and oxygen atoms in total. The first kappa shape index (κ1) is 16.5. The average molecular weight is 264 g/mol. The number of carbonyl (C=O) groups excluding carboxylic acids is 1. The van der Waals surface area contributed by atoms with Gasteiger partial charge in [-0.2, -0.15) is 0 Å². The summed E-state index contributed by atoms with van der Waals surface area (Å²) in [7, 11) is 0. The van der Waals surface area contributed by atoms with Crippen LogP contribution in [0.1, 0.15) is 73.1 Å². The van der Waals surface area contributed by atoms with E-state index >= 15 is 0 Å². The Balaban J connectivity index is 2.47. The quantitative estimate of drug-likeness (QED) is 0.587. The molecule has 2 unspecified atom stereocenters. The average Bonchev–Trinajstić information content (AvgIpc) is 2.26. The lowest BCUT2D eigenvalue weighted by Gasteiger charge is -2.41. The maximum absolute atomic E-state index is 11.9. The Bertz CT molecular complexity index is 312. The zero-order valence-electron chi connectivity index (χ0n) is 13.5. The van der Waals surface area contributed by atoms with Crippen molar-refractivity contribution in [2.75, 3.05) is 0 Å². The van der Waals surface area contributed by atoms with Crippen LogP contribution in [0.4, 0.5) is 0 Å². The van der Waals surface area contributed by atoms with Crippen molar-refractivity contribution in [3.8, 4) is 0 Å². The molecule has 0 aromatic rings. The van der Waals surface area contributed by atoms with Crippen molar-refractivity contribution in [3.63, 3.8) is 0 Å². The van der Waals surface area contributed by atoms with Crippen LogP contribution in [0.2, 0.25) is 0 Å². The third-order valence-electron chi connectivity index (χ3n) is 4.69. The largest absolute Gasteiger partial charge is 0.295 e. The van der Waals surface area contributed by atoms with Crippen LogP contribution in [0.3, 0.4) is 0 Å². The summed E-state index contributed by atoms with van der Waals surface area (Å²) in [5.74, 6) is 2.29. The first-order valence-corrected chi connectivity index (χ1v) is 8.04. The Morgan fingerprint density at radius 2 is 2.05 bits per heavy atom. The maximum atomic E-state index is 11.9. The fourth-order valence-corrected chi connectivity index (χ4v) is 3.43. The number of rotatable bonds is 6. The van der Waals surface area contributed by atoms with Gasteiger partial charge in [-0.1, -0.05) is 60.0 Å². The molecular formula is C18H32O. The Morgan fingerprint density at radius 3 is 2.63 bits per heavy atom. The summed E-state index contributed by atoms with van der Waals surface area (Å²) in [6.07, 6.45) is 10.9. The molecule has 0 radical (unpaired) electrons. The third kappa shape index (κ3) is 5.50. The van der Waals surface area contributed by atoms with Crippen LogP contribution in [0.25, 0.3) is 0 Å². The smallest absolute Gasteiger partial charge is 0.155 e. The van der Waals surface area contributed by atoms with Crippen molar-refractivity contribution in [1.82, 2.24) is 0 Å². The van der Waals surface area contributed by atoms with Gasteiger partial charge in [0, 0.05) is 6.42 Å². The van der Waals surface area contributed by atoms with Gasteiger partial charge in [-0.25, -0.2) is 0 Å². The number of hydrogen-bond donors (Lipinski definition) is 0. The van der Waals surface area contributed by atoms with Crippen LogP contribution in [0.15, 0.2) is 12.2 Å². The summed E-state index contributed by atoms with van der Waals surface area (Å²) >= 11 is 0. The number of hydrogen-bond acceptors (Lipinski definition) is 1. The van der Waals surface area contributed by atoms with E-state index in [-0.39, 0.29) is 0 Å². The van der Waals surface area contributed by atoms with Crippen LogP contribution in [0, 0.1) is 23.2 Å². The second kappa shape index (κ2) is 7.26. The van der Waals surface area contributed by atoms with Crippen LogP contribution in [-0.2, 0) is 4.79 Å². The summed E-state index contributed by atoms with van der Waals surface area (Å²) in [6, 6.07) is 0. The molecule has 0 heterocycles. The monoisotopic (exact) mass is 264 g/mol.